The van der Waals surface area contributed by atoms with Gasteiger partial charge in [-0.1, -0.05) is 6.07 Å². The van der Waals surface area contributed by atoms with Gasteiger partial charge >= 0.3 is 0 Å². The van der Waals surface area contributed by atoms with Crippen LogP contribution in [0.25, 0.3) is 0 Å². The lowest BCUT2D eigenvalue weighted by molar-refractivity contribution is 0.115. The first-order valence-corrected chi connectivity index (χ1v) is 5.20. The van der Waals surface area contributed by atoms with Gasteiger partial charge in [-0.15, -0.1) is 0 Å². The number of hydrogen-bond donors (Lipinski definition) is 2. The van der Waals surface area contributed by atoms with Crippen LogP contribution < -0.4 is 5.43 Å². The van der Waals surface area contributed by atoms with Crippen LogP contribution in [0.4, 0.5) is 0 Å². The number of nitrogens with zero attached hydrogens (tertiary/aromatic N) is 2. The Kier molecular flexibility index (Phi) is 3.52. The van der Waals surface area contributed by atoms with Gasteiger partial charge in [-0.3, -0.25) is 10.4 Å². The largest absolute Gasteiger partial charge is 0.464 e. The number of aromatic nitrogens is 1. The fraction of sp³-hybridized carbons (Fsp3) is 0.167. The summed E-state index contributed by atoms with van der Waals surface area (Å²) in [7, 11) is 0. The van der Waals surface area contributed by atoms with Gasteiger partial charge in [0.2, 0.25) is 0 Å². The summed E-state index contributed by atoms with van der Waals surface area (Å²) in [6.45, 7) is 1.81. The number of hydrogen-bond acceptors (Lipinski definition) is 5. The molecule has 1 unspecified atom stereocenters. The van der Waals surface area contributed by atoms with Crippen molar-refractivity contribution in [2.24, 2.45) is 5.10 Å². The van der Waals surface area contributed by atoms with Crippen molar-refractivity contribution in [1.82, 2.24) is 10.4 Å². The molecule has 2 aromatic rings. The summed E-state index contributed by atoms with van der Waals surface area (Å²) in [5.74, 6) is 0.419. The molecular formula is C12H13N3O2. The van der Waals surface area contributed by atoms with Crippen LogP contribution in [-0.4, -0.2) is 15.8 Å². The van der Waals surface area contributed by atoms with E-state index in [4.69, 9.17) is 4.42 Å². The highest BCUT2D eigenvalue weighted by Crippen LogP contribution is 2.09. The van der Waals surface area contributed by atoms with Crippen LogP contribution in [0.3, 0.4) is 0 Å². The minimum atomic E-state index is -0.955. The Morgan fingerprint density at radius 1 is 1.41 bits per heavy atom. The summed E-state index contributed by atoms with van der Waals surface area (Å²) in [5, 5.41) is 13.7. The second-order valence-corrected chi connectivity index (χ2v) is 3.46. The number of nitrogens with one attached hydrogen (secondary N) is 1. The van der Waals surface area contributed by atoms with Crippen molar-refractivity contribution in [3.05, 3.63) is 54.2 Å². The van der Waals surface area contributed by atoms with Gasteiger partial charge in [0.1, 0.15) is 0 Å². The summed E-state index contributed by atoms with van der Waals surface area (Å²) < 4.78 is 5.04. The topological polar surface area (TPSA) is 70.7 Å². The highest BCUT2D eigenvalue weighted by atomic mass is 16.4. The van der Waals surface area contributed by atoms with E-state index >= 15 is 0 Å². The smallest absolute Gasteiger partial charge is 0.198 e. The first-order chi connectivity index (χ1) is 8.27. The number of furan rings is 1. The monoisotopic (exact) mass is 231 g/mol. The fourth-order valence-electron chi connectivity index (χ4n) is 1.30. The average Bonchev–Trinajstić information content (AvgIpc) is 2.90. The summed E-state index contributed by atoms with van der Waals surface area (Å²) in [5.41, 5.74) is 4.04. The quantitative estimate of drug-likeness (QED) is 0.477. The molecule has 0 aliphatic rings. The molecule has 0 saturated carbocycles. The fourth-order valence-corrected chi connectivity index (χ4v) is 1.30. The Morgan fingerprint density at radius 3 is 2.94 bits per heavy atom. The molecule has 1 atom stereocenters. The van der Waals surface area contributed by atoms with Gasteiger partial charge in [0, 0.05) is 6.20 Å². The van der Waals surface area contributed by atoms with Crippen LogP contribution in [0.15, 0.2) is 52.3 Å². The SMILES string of the molecule is C/C(=N\NC(O)c1ccco1)c1ccccn1. The Hall–Kier alpha value is -2.14. The van der Waals surface area contributed by atoms with Gasteiger partial charge in [-0.25, -0.2) is 0 Å². The zero-order valence-electron chi connectivity index (χ0n) is 9.37. The Labute approximate surface area is 98.8 Å². The zero-order chi connectivity index (χ0) is 12.1. The Morgan fingerprint density at radius 2 is 2.29 bits per heavy atom. The van der Waals surface area contributed by atoms with E-state index < -0.39 is 6.23 Å². The maximum Gasteiger partial charge on any atom is 0.198 e. The van der Waals surface area contributed by atoms with Crippen molar-refractivity contribution in [1.29, 1.82) is 0 Å². The first-order valence-electron chi connectivity index (χ1n) is 5.20. The maximum absolute atomic E-state index is 9.67. The van der Waals surface area contributed by atoms with Crippen LogP contribution >= 0.6 is 0 Å². The number of hydrazone groups is 1. The predicted molar refractivity (Wildman–Crippen MR) is 63.3 cm³/mol. The second-order valence-electron chi connectivity index (χ2n) is 3.46. The molecule has 0 aliphatic carbocycles. The molecular weight excluding hydrogens is 218 g/mol. The van der Waals surface area contributed by atoms with Gasteiger partial charge in [0.25, 0.3) is 0 Å². The molecule has 0 saturated heterocycles. The molecule has 0 aromatic carbocycles. The van der Waals surface area contributed by atoms with E-state index in [1.54, 1.807) is 18.3 Å². The van der Waals surface area contributed by atoms with Crippen LogP contribution in [0.2, 0.25) is 0 Å². The molecule has 0 fully saturated rings. The van der Waals surface area contributed by atoms with Gasteiger partial charge in [-0.05, 0) is 31.2 Å². The highest BCUT2D eigenvalue weighted by Gasteiger charge is 2.08. The molecule has 2 aromatic heterocycles. The summed E-state index contributed by atoms with van der Waals surface area (Å²) in [6.07, 6.45) is 2.23. The number of pyridine rings is 1. The predicted octanol–water partition coefficient (Wildman–Crippen LogP) is 1.68. The molecule has 88 valence electrons. The van der Waals surface area contributed by atoms with Crippen LogP contribution in [0.5, 0.6) is 0 Å². The third kappa shape index (κ3) is 2.92. The van der Waals surface area contributed by atoms with E-state index in [1.807, 2.05) is 25.1 Å². The van der Waals surface area contributed by atoms with E-state index in [1.165, 1.54) is 6.26 Å². The zero-order valence-corrected chi connectivity index (χ0v) is 9.37. The number of aliphatic hydroxyl groups excluding tert-OH is 1. The minimum Gasteiger partial charge on any atom is -0.464 e. The number of aliphatic hydroxyl groups is 1. The molecule has 2 N–H and O–H groups in total. The number of rotatable bonds is 4. The molecule has 0 radical (unpaired) electrons. The lowest BCUT2D eigenvalue weighted by atomic mass is 10.3. The third-order valence-electron chi connectivity index (χ3n) is 2.20. The molecule has 2 heterocycles. The van der Waals surface area contributed by atoms with Crippen molar-refractivity contribution in [2.75, 3.05) is 0 Å². The second kappa shape index (κ2) is 5.27. The molecule has 2 rings (SSSR count). The lowest BCUT2D eigenvalue weighted by Gasteiger charge is -2.07. The van der Waals surface area contributed by atoms with E-state index in [-0.39, 0.29) is 0 Å². The van der Waals surface area contributed by atoms with Gasteiger partial charge in [-0.2, -0.15) is 5.10 Å². The molecule has 17 heavy (non-hydrogen) atoms. The van der Waals surface area contributed by atoms with Crippen molar-refractivity contribution < 1.29 is 9.52 Å². The molecule has 0 amide bonds. The van der Waals surface area contributed by atoms with E-state index in [2.05, 4.69) is 15.5 Å². The molecule has 5 nitrogen and oxygen atoms in total. The highest BCUT2D eigenvalue weighted by molar-refractivity contribution is 5.96. The van der Waals surface area contributed by atoms with Crippen LogP contribution in [0.1, 0.15) is 24.6 Å². The van der Waals surface area contributed by atoms with Crippen LogP contribution in [0, 0.1) is 0 Å². The third-order valence-corrected chi connectivity index (χ3v) is 2.20. The van der Waals surface area contributed by atoms with E-state index in [9.17, 15) is 5.11 Å². The maximum atomic E-state index is 9.67. The summed E-state index contributed by atoms with van der Waals surface area (Å²) in [6, 6.07) is 8.94. The first kappa shape index (κ1) is 11.3. The van der Waals surface area contributed by atoms with Crippen molar-refractivity contribution in [2.45, 2.75) is 13.2 Å². The summed E-state index contributed by atoms with van der Waals surface area (Å²) >= 11 is 0. The average molecular weight is 231 g/mol. The normalized spacial score (nSPS) is 13.4. The molecule has 5 heteroatoms. The molecule has 0 aliphatic heterocycles. The van der Waals surface area contributed by atoms with Gasteiger partial charge < -0.3 is 9.52 Å². The Balaban J connectivity index is 2.01. The van der Waals surface area contributed by atoms with Crippen molar-refractivity contribution in [3.8, 4) is 0 Å². The van der Waals surface area contributed by atoms with Gasteiger partial charge in [0.15, 0.2) is 12.0 Å². The van der Waals surface area contributed by atoms with E-state index in [0.29, 0.717) is 11.5 Å². The molecule has 0 bridgehead atoms. The standard InChI is InChI=1S/C12H13N3O2/c1-9(10-5-2-3-7-13-10)14-15-12(16)11-6-4-8-17-11/h2-8,12,15-16H,1H3/b14-9+. The van der Waals surface area contributed by atoms with Gasteiger partial charge in [0.05, 0.1) is 17.7 Å². The van der Waals surface area contributed by atoms with E-state index in [0.717, 1.165) is 5.69 Å². The summed E-state index contributed by atoms with van der Waals surface area (Å²) in [4.78, 5) is 4.14. The van der Waals surface area contributed by atoms with Crippen LogP contribution in [-0.2, 0) is 0 Å². The Bertz CT molecular complexity index is 480. The molecule has 0 spiro atoms. The minimum absolute atomic E-state index is 0.419. The van der Waals surface area contributed by atoms with Crippen molar-refractivity contribution in [3.63, 3.8) is 0 Å². The van der Waals surface area contributed by atoms with Crippen molar-refractivity contribution >= 4 is 5.71 Å². The lowest BCUT2D eigenvalue weighted by Crippen LogP contribution is -2.16.